The molecule has 36 heavy (non-hydrogen) atoms. The third-order valence-corrected chi connectivity index (χ3v) is 10.3. The molecule has 8 heteroatoms. The SMILES string of the molecule is CC(C)[C@H]1CC[C@@H](C)C[C@H]1OP(=O)(O[C@@H]1C[C@@H](C)CC[C@H]1C(C)C)[C@H](O)c1ccccc1C(F)(F)F. The maximum atomic E-state index is 14.6. The Morgan fingerprint density at radius 2 is 1.31 bits per heavy atom. The van der Waals surface area contributed by atoms with Crippen molar-refractivity contribution in [2.75, 3.05) is 0 Å². The fraction of sp³-hybridized carbons (Fsp3) is 0.786. The highest BCUT2D eigenvalue weighted by Crippen LogP contribution is 2.65. The first kappa shape index (κ1) is 29.7. The smallest absolute Gasteiger partial charge is 0.376 e. The second-order valence-electron chi connectivity index (χ2n) is 11.9. The van der Waals surface area contributed by atoms with Crippen LogP contribution in [0.3, 0.4) is 0 Å². The topological polar surface area (TPSA) is 55.8 Å². The van der Waals surface area contributed by atoms with Gasteiger partial charge >= 0.3 is 13.8 Å². The highest BCUT2D eigenvalue weighted by atomic mass is 31.2. The zero-order valence-corrected chi connectivity index (χ0v) is 23.4. The number of aliphatic hydroxyl groups is 1. The summed E-state index contributed by atoms with van der Waals surface area (Å²) in [5, 5.41) is 11.4. The van der Waals surface area contributed by atoms with Gasteiger partial charge in [-0.05, 0) is 67.3 Å². The van der Waals surface area contributed by atoms with Crippen LogP contribution >= 0.6 is 7.60 Å². The largest absolute Gasteiger partial charge is 0.416 e. The van der Waals surface area contributed by atoms with Crippen molar-refractivity contribution in [1.82, 2.24) is 0 Å². The van der Waals surface area contributed by atoms with E-state index in [-0.39, 0.29) is 23.7 Å². The van der Waals surface area contributed by atoms with Gasteiger partial charge in [-0.2, -0.15) is 13.2 Å². The molecular weight excluding hydrogens is 488 g/mol. The van der Waals surface area contributed by atoms with E-state index < -0.39 is 43.0 Å². The fourth-order valence-electron chi connectivity index (χ4n) is 6.14. The average molecular weight is 533 g/mol. The molecule has 0 aliphatic heterocycles. The molecule has 0 bridgehead atoms. The molecule has 2 saturated carbocycles. The number of rotatable bonds is 8. The van der Waals surface area contributed by atoms with Crippen molar-refractivity contribution in [2.24, 2.45) is 35.5 Å². The normalized spacial score (nSPS) is 32.4. The molecule has 0 heterocycles. The Morgan fingerprint density at radius 3 is 1.72 bits per heavy atom. The van der Waals surface area contributed by atoms with Gasteiger partial charge in [-0.15, -0.1) is 0 Å². The molecule has 0 spiro atoms. The van der Waals surface area contributed by atoms with E-state index in [0.717, 1.165) is 31.7 Å². The Bertz CT molecular complexity index is 865. The Hall–Kier alpha value is -0.880. The minimum atomic E-state index is -4.71. The van der Waals surface area contributed by atoms with E-state index in [1.807, 2.05) is 0 Å². The van der Waals surface area contributed by atoms with Crippen LogP contribution in [0.2, 0.25) is 0 Å². The van der Waals surface area contributed by atoms with Crippen molar-refractivity contribution < 1.29 is 31.9 Å². The fourth-order valence-corrected chi connectivity index (χ4v) is 8.23. The van der Waals surface area contributed by atoms with E-state index in [4.69, 9.17) is 9.05 Å². The van der Waals surface area contributed by atoms with E-state index in [1.54, 1.807) is 0 Å². The van der Waals surface area contributed by atoms with Crippen LogP contribution in [0.25, 0.3) is 0 Å². The lowest BCUT2D eigenvalue weighted by atomic mass is 9.75. The molecule has 0 radical (unpaired) electrons. The van der Waals surface area contributed by atoms with Gasteiger partial charge in [0.1, 0.15) is 0 Å². The molecule has 8 atom stereocenters. The van der Waals surface area contributed by atoms with Gasteiger partial charge in [0.25, 0.3) is 0 Å². The van der Waals surface area contributed by atoms with Crippen LogP contribution in [0.4, 0.5) is 13.2 Å². The molecule has 1 aromatic carbocycles. The van der Waals surface area contributed by atoms with Crippen LogP contribution in [-0.2, 0) is 19.8 Å². The van der Waals surface area contributed by atoms with Crippen molar-refractivity contribution in [3.63, 3.8) is 0 Å². The zero-order chi connectivity index (χ0) is 26.8. The second kappa shape index (κ2) is 11.9. The van der Waals surface area contributed by atoms with Crippen LogP contribution in [0, 0.1) is 35.5 Å². The third-order valence-electron chi connectivity index (χ3n) is 8.33. The highest BCUT2D eigenvalue weighted by molar-refractivity contribution is 7.54. The van der Waals surface area contributed by atoms with Gasteiger partial charge in [0.2, 0.25) is 0 Å². The van der Waals surface area contributed by atoms with E-state index in [9.17, 15) is 22.8 Å². The summed E-state index contributed by atoms with van der Waals surface area (Å²) in [5.74, 6) is -0.691. The summed E-state index contributed by atoms with van der Waals surface area (Å²) in [6.07, 6.45) is -0.538. The van der Waals surface area contributed by atoms with E-state index in [0.29, 0.717) is 24.7 Å². The van der Waals surface area contributed by atoms with Crippen molar-refractivity contribution >= 4 is 7.60 Å². The summed E-state index contributed by atoms with van der Waals surface area (Å²) in [5.41, 5.74) is -1.47. The van der Waals surface area contributed by atoms with Crippen molar-refractivity contribution in [3.8, 4) is 0 Å². The zero-order valence-electron chi connectivity index (χ0n) is 22.5. The number of alkyl halides is 3. The molecule has 2 aliphatic rings. The van der Waals surface area contributed by atoms with Crippen molar-refractivity contribution in [3.05, 3.63) is 35.4 Å². The predicted octanol–water partition coefficient (Wildman–Crippen LogP) is 8.84. The van der Waals surface area contributed by atoms with Crippen molar-refractivity contribution in [1.29, 1.82) is 0 Å². The maximum Gasteiger partial charge on any atom is 0.416 e. The first-order valence-electron chi connectivity index (χ1n) is 13.5. The number of benzene rings is 1. The lowest BCUT2D eigenvalue weighted by Gasteiger charge is -2.42. The molecule has 4 nitrogen and oxygen atoms in total. The lowest BCUT2D eigenvalue weighted by molar-refractivity contribution is -0.138. The van der Waals surface area contributed by atoms with Crippen LogP contribution < -0.4 is 0 Å². The second-order valence-corrected chi connectivity index (χ2v) is 13.9. The lowest BCUT2D eigenvalue weighted by Crippen LogP contribution is -2.37. The standard InChI is InChI=1S/C28H44F3O4P/c1-17(2)21-13-11-19(5)15-25(21)34-36(33,35-26-16-20(6)12-14-22(26)18(3)4)27(32)23-9-7-8-10-24(23)28(29,30)31/h7-10,17-22,25-27,32H,11-16H2,1-6H3/t19-,20+,21-,22+,25-,26-,27+,36?/m1/s1. The first-order valence-corrected chi connectivity index (χ1v) is 15.1. The van der Waals surface area contributed by atoms with Gasteiger partial charge in [0.05, 0.1) is 17.8 Å². The minimum Gasteiger partial charge on any atom is -0.376 e. The molecule has 0 saturated heterocycles. The van der Waals surface area contributed by atoms with Gasteiger partial charge in [-0.3, -0.25) is 4.57 Å². The quantitative estimate of drug-likeness (QED) is 0.340. The van der Waals surface area contributed by atoms with Crippen LogP contribution in [0.1, 0.15) is 97.0 Å². The summed E-state index contributed by atoms with van der Waals surface area (Å²) in [4.78, 5) is 0. The molecule has 1 N–H and O–H groups in total. The number of hydrogen-bond acceptors (Lipinski definition) is 4. The number of aliphatic hydroxyl groups excluding tert-OH is 1. The number of halogens is 3. The molecule has 0 aromatic heterocycles. The van der Waals surface area contributed by atoms with E-state index >= 15 is 0 Å². The Balaban J connectivity index is 2.04. The molecular formula is C28H44F3O4P. The molecule has 3 rings (SSSR count). The van der Waals surface area contributed by atoms with Gasteiger partial charge in [-0.1, -0.05) is 72.6 Å². The molecule has 2 fully saturated rings. The van der Waals surface area contributed by atoms with Crippen molar-refractivity contribution in [2.45, 2.75) is 104 Å². The Kier molecular flexibility index (Phi) is 9.80. The van der Waals surface area contributed by atoms with Crippen LogP contribution in [-0.4, -0.2) is 17.3 Å². The average Bonchev–Trinajstić information content (AvgIpc) is 2.77. The molecule has 1 aromatic rings. The Morgan fingerprint density at radius 1 is 0.861 bits per heavy atom. The highest BCUT2D eigenvalue weighted by Gasteiger charge is 2.48. The minimum absolute atomic E-state index is 0.0920. The summed E-state index contributed by atoms with van der Waals surface area (Å²) in [6, 6.07) is 4.76. The monoisotopic (exact) mass is 532 g/mol. The molecule has 206 valence electrons. The Labute approximate surface area is 214 Å². The van der Waals surface area contributed by atoms with Crippen LogP contribution in [0.15, 0.2) is 24.3 Å². The molecule has 2 aliphatic carbocycles. The molecule has 1 unspecified atom stereocenters. The first-order chi connectivity index (χ1) is 16.7. The summed E-state index contributed by atoms with van der Waals surface area (Å²) in [6.45, 7) is 12.5. The van der Waals surface area contributed by atoms with E-state index in [1.165, 1.54) is 18.2 Å². The summed E-state index contributed by atoms with van der Waals surface area (Å²) in [7, 11) is -4.42. The van der Waals surface area contributed by atoms with Gasteiger partial charge in [0, 0.05) is 5.56 Å². The van der Waals surface area contributed by atoms with Crippen LogP contribution in [0.5, 0.6) is 0 Å². The van der Waals surface area contributed by atoms with Gasteiger partial charge < -0.3 is 14.2 Å². The number of hydrogen-bond donors (Lipinski definition) is 1. The van der Waals surface area contributed by atoms with E-state index in [2.05, 4.69) is 41.5 Å². The van der Waals surface area contributed by atoms with Gasteiger partial charge in [0.15, 0.2) is 5.85 Å². The predicted molar refractivity (Wildman–Crippen MR) is 136 cm³/mol. The third kappa shape index (κ3) is 6.95. The van der Waals surface area contributed by atoms with Gasteiger partial charge in [-0.25, -0.2) is 0 Å². The summed E-state index contributed by atoms with van der Waals surface area (Å²) >= 11 is 0. The summed E-state index contributed by atoms with van der Waals surface area (Å²) < 4.78 is 68.8. The maximum absolute atomic E-state index is 14.6. The molecule has 0 amide bonds.